The third-order valence-electron chi connectivity index (χ3n) is 2.57. The number of H-pyrrole nitrogens is 1. The van der Waals surface area contributed by atoms with Crippen molar-refractivity contribution in [3.63, 3.8) is 0 Å². The van der Waals surface area contributed by atoms with Gasteiger partial charge in [-0.3, -0.25) is 9.59 Å². The van der Waals surface area contributed by atoms with E-state index in [0.717, 1.165) is 5.52 Å². The molecule has 1 aromatic carbocycles. The monoisotopic (exact) mass is 266 g/mol. The van der Waals surface area contributed by atoms with Gasteiger partial charge >= 0.3 is 5.97 Å². The Morgan fingerprint density at radius 3 is 2.78 bits per heavy atom. The van der Waals surface area contributed by atoms with Gasteiger partial charge in [0.1, 0.15) is 5.82 Å². The van der Waals surface area contributed by atoms with Gasteiger partial charge in [0.2, 0.25) is 0 Å². The number of aromatic nitrogens is 2. The van der Waals surface area contributed by atoms with Gasteiger partial charge in [-0.25, -0.2) is 4.98 Å². The number of alkyl halides is 1. The van der Waals surface area contributed by atoms with Gasteiger partial charge in [-0.2, -0.15) is 0 Å². The van der Waals surface area contributed by atoms with Crippen LogP contribution < -0.4 is 0 Å². The smallest absolute Gasteiger partial charge is 0.324 e. The summed E-state index contributed by atoms with van der Waals surface area (Å²) in [6, 6.07) is 7.25. The number of aromatic amines is 1. The molecule has 0 amide bonds. The summed E-state index contributed by atoms with van der Waals surface area (Å²) in [5.74, 6) is -2.22. The molecule has 0 saturated carbocycles. The van der Waals surface area contributed by atoms with Crippen LogP contribution in [0, 0.1) is 0 Å². The quantitative estimate of drug-likeness (QED) is 0.519. The standard InChI is InChI=1S/C12H11ClN2O3/c1-18-12(17)10(9(16)6-13)11-14-7-4-2-3-5-8(7)15-11/h2-5,10H,6H2,1H3,(H,14,15). The first-order valence-electron chi connectivity index (χ1n) is 5.28. The molecule has 1 atom stereocenters. The van der Waals surface area contributed by atoms with Crippen LogP contribution in [0.5, 0.6) is 0 Å². The number of imidazole rings is 1. The fraction of sp³-hybridized carbons (Fsp3) is 0.250. The molecule has 2 aromatic rings. The summed E-state index contributed by atoms with van der Waals surface area (Å²) in [5.41, 5.74) is 1.44. The number of carbonyl (C=O) groups excluding carboxylic acids is 2. The molecule has 0 aliphatic rings. The lowest BCUT2D eigenvalue weighted by Crippen LogP contribution is -2.25. The van der Waals surface area contributed by atoms with Crippen molar-refractivity contribution < 1.29 is 14.3 Å². The maximum absolute atomic E-state index is 11.7. The van der Waals surface area contributed by atoms with Crippen LogP contribution in [0.15, 0.2) is 24.3 Å². The topological polar surface area (TPSA) is 72.1 Å². The number of ketones is 1. The first-order chi connectivity index (χ1) is 8.67. The minimum absolute atomic E-state index is 0.258. The number of benzene rings is 1. The van der Waals surface area contributed by atoms with E-state index in [1.54, 1.807) is 6.07 Å². The minimum Gasteiger partial charge on any atom is -0.468 e. The Morgan fingerprint density at radius 1 is 1.44 bits per heavy atom. The fourth-order valence-corrected chi connectivity index (χ4v) is 1.85. The van der Waals surface area contributed by atoms with E-state index in [1.807, 2.05) is 18.2 Å². The zero-order chi connectivity index (χ0) is 13.1. The van der Waals surface area contributed by atoms with Gasteiger partial charge in [-0.15, -0.1) is 11.6 Å². The Kier molecular flexibility index (Phi) is 3.62. The van der Waals surface area contributed by atoms with Crippen LogP contribution in [0.3, 0.4) is 0 Å². The molecule has 5 nitrogen and oxygen atoms in total. The Labute approximate surface area is 108 Å². The predicted molar refractivity (Wildman–Crippen MR) is 66.6 cm³/mol. The van der Waals surface area contributed by atoms with Crippen LogP contribution >= 0.6 is 11.6 Å². The second-order valence-electron chi connectivity index (χ2n) is 3.70. The summed E-state index contributed by atoms with van der Waals surface area (Å²) in [5, 5.41) is 0. The van der Waals surface area contributed by atoms with Crippen LogP contribution in [-0.4, -0.2) is 34.7 Å². The number of halogens is 1. The maximum Gasteiger partial charge on any atom is 0.324 e. The molecule has 94 valence electrons. The second kappa shape index (κ2) is 5.18. The molecule has 1 unspecified atom stereocenters. The van der Waals surface area contributed by atoms with E-state index in [9.17, 15) is 9.59 Å². The van der Waals surface area contributed by atoms with Gasteiger partial charge in [0, 0.05) is 0 Å². The van der Waals surface area contributed by atoms with Crippen molar-refractivity contribution in [1.29, 1.82) is 0 Å². The van der Waals surface area contributed by atoms with E-state index in [-0.39, 0.29) is 11.7 Å². The summed E-state index contributed by atoms with van der Waals surface area (Å²) in [6.45, 7) is 0. The summed E-state index contributed by atoms with van der Waals surface area (Å²) < 4.78 is 4.61. The molecule has 0 aliphatic heterocycles. The molecule has 0 spiro atoms. The number of para-hydroxylation sites is 2. The van der Waals surface area contributed by atoms with E-state index < -0.39 is 17.7 Å². The lowest BCUT2D eigenvalue weighted by Gasteiger charge is -2.08. The number of methoxy groups -OCH3 is 1. The molecule has 0 aliphatic carbocycles. The number of fused-ring (bicyclic) bond motifs is 1. The largest absolute Gasteiger partial charge is 0.468 e. The van der Waals surface area contributed by atoms with E-state index in [2.05, 4.69) is 14.7 Å². The average Bonchev–Trinajstić information content (AvgIpc) is 2.81. The number of nitrogens with zero attached hydrogens (tertiary/aromatic N) is 1. The molecule has 1 N–H and O–H groups in total. The highest BCUT2D eigenvalue weighted by Crippen LogP contribution is 2.20. The van der Waals surface area contributed by atoms with Crippen LogP contribution in [0.2, 0.25) is 0 Å². The zero-order valence-electron chi connectivity index (χ0n) is 9.64. The lowest BCUT2D eigenvalue weighted by molar-refractivity contribution is -0.145. The summed E-state index contributed by atoms with van der Waals surface area (Å²) >= 11 is 5.50. The number of ether oxygens (including phenoxy) is 1. The highest BCUT2D eigenvalue weighted by atomic mass is 35.5. The Balaban J connectivity index is 2.47. The third kappa shape index (κ3) is 2.22. The summed E-state index contributed by atoms with van der Waals surface area (Å²) in [7, 11) is 1.22. The Hall–Kier alpha value is -1.88. The average molecular weight is 267 g/mol. The Bertz CT molecular complexity index is 545. The van der Waals surface area contributed by atoms with E-state index in [0.29, 0.717) is 5.52 Å². The molecule has 18 heavy (non-hydrogen) atoms. The van der Waals surface area contributed by atoms with Gasteiger partial charge in [-0.1, -0.05) is 12.1 Å². The highest BCUT2D eigenvalue weighted by molar-refractivity contribution is 6.30. The summed E-state index contributed by atoms with van der Waals surface area (Å²) in [4.78, 5) is 30.5. The normalized spacial score (nSPS) is 12.3. The van der Waals surface area contributed by atoms with Crippen molar-refractivity contribution in [3.05, 3.63) is 30.1 Å². The number of rotatable bonds is 4. The van der Waals surface area contributed by atoms with Gasteiger partial charge in [0.05, 0.1) is 24.0 Å². The second-order valence-corrected chi connectivity index (χ2v) is 3.96. The molecule has 2 rings (SSSR count). The van der Waals surface area contributed by atoms with Crippen molar-refractivity contribution >= 4 is 34.4 Å². The maximum atomic E-state index is 11.7. The van der Waals surface area contributed by atoms with Crippen LogP contribution in [-0.2, 0) is 14.3 Å². The zero-order valence-corrected chi connectivity index (χ0v) is 10.4. The van der Waals surface area contributed by atoms with Crippen LogP contribution in [0.25, 0.3) is 11.0 Å². The Morgan fingerprint density at radius 2 is 2.17 bits per heavy atom. The molecule has 1 aromatic heterocycles. The van der Waals surface area contributed by atoms with Crippen molar-refractivity contribution in [2.45, 2.75) is 5.92 Å². The molecular weight excluding hydrogens is 256 g/mol. The van der Waals surface area contributed by atoms with Crippen molar-refractivity contribution in [3.8, 4) is 0 Å². The van der Waals surface area contributed by atoms with Gasteiger partial charge in [-0.05, 0) is 12.1 Å². The first-order valence-corrected chi connectivity index (χ1v) is 5.82. The number of Topliss-reactive ketones (excluding diaryl/α,β-unsaturated/α-hetero) is 1. The molecular formula is C12H11ClN2O3. The summed E-state index contributed by atoms with van der Waals surface area (Å²) in [6.07, 6.45) is 0. The molecule has 0 bridgehead atoms. The predicted octanol–water partition coefficient (Wildman–Crippen LogP) is 1.63. The van der Waals surface area contributed by atoms with Crippen LogP contribution in [0.4, 0.5) is 0 Å². The molecule has 6 heteroatoms. The molecule has 0 saturated heterocycles. The minimum atomic E-state index is -1.10. The fourth-order valence-electron chi connectivity index (χ4n) is 1.70. The van der Waals surface area contributed by atoms with E-state index in [4.69, 9.17) is 11.6 Å². The van der Waals surface area contributed by atoms with Gasteiger partial charge < -0.3 is 9.72 Å². The number of carbonyl (C=O) groups is 2. The number of hydrogen-bond donors (Lipinski definition) is 1. The van der Waals surface area contributed by atoms with Crippen molar-refractivity contribution in [1.82, 2.24) is 9.97 Å². The lowest BCUT2D eigenvalue weighted by atomic mass is 10.1. The van der Waals surface area contributed by atoms with Gasteiger partial charge in [0.15, 0.2) is 11.7 Å². The third-order valence-corrected chi connectivity index (χ3v) is 2.84. The van der Waals surface area contributed by atoms with Crippen LogP contribution in [0.1, 0.15) is 11.7 Å². The number of hydrogen-bond acceptors (Lipinski definition) is 4. The molecule has 1 heterocycles. The SMILES string of the molecule is COC(=O)C(C(=O)CCl)c1nc2ccccc2[nH]1. The molecule has 0 fully saturated rings. The van der Waals surface area contributed by atoms with E-state index >= 15 is 0 Å². The van der Waals surface area contributed by atoms with Gasteiger partial charge in [0.25, 0.3) is 0 Å². The van der Waals surface area contributed by atoms with Crippen molar-refractivity contribution in [2.24, 2.45) is 0 Å². The first kappa shape index (κ1) is 12.6. The number of nitrogens with one attached hydrogen (secondary N) is 1. The number of esters is 1. The van der Waals surface area contributed by atoms with Crippen molar-refractivity contribution in [2.75, 3.05) is 13.0 Å². The highest BCUT2D eigenvalue weighted by Gasteiger charge is 2.31. The van der Waals surface area contributed by atoms with E-state index in [1.165, 1.54) is 7.11 Å². The molecule has 0 radical (unpaired) electrons.